The molecule has 0 aliphatic carbocycles. The Morgan fingerprint density at radius 3 is 2.67 bits per heavy atom. The lowest BCUT2D eigenvalue weighted by atomic mass is 10.1. The summed E-state index contributed by atoms with van der Waals surface area (Å²) < 4.78 is 16.2. The van der Waals surface area contributed by atoms with Crippen molar-refractivity contribution in [2.24, 2.45) is 5.10 Å². The summed E-state index contributed by atoms with van der Waals surface area (Å²) >= 11 is 12.1. The number of benzene rings is 3. The summed E-state index contributed by atoms with van der Waals surface area (Å²) in [4.78, 5) is 23.4. The smallest absolute Gasteiger partial charge is 0.282 e. The Morgan fingerprint density at radius 1 is 1.15 bits per heavy atom. The van der Waals surface area contributed by atoms with Crippen LogP contribution < -0.4 is 19.6 Å². The molecule has 0 saturated heterocycles. The molecule has 3 aromatic rings. The Kier molecular flexibility index (Phi) is 6.62. The van der Waals surface area contributed by atoms with E-state index in [4.69, 9.17) is 37.4 Å². The summed E-state index contributed by atoms with van der Waals surface area (Å²) in [6.07, 6.45) is 1.16. The van der Waals surface area contributed by atoms with Crippen molar-refractivity contribution >= 4 is 41.0 Å². The summed E-state index contributed by atoms with van der Waals surface area (Å²) in [6.45, 7) is 0.0921. The number of hydrogen-bond acceptors (Lipinski definition) is 7. The number of nitrogens with one attached hydrogen (secondary N) is 1. The van der Waals surface area contributed by atoms with E-state index in [0.717, 1.165) is 6.21 Å². The Balaban J connectivity index is 1.47. The van der Waals surface area contributed by atoms with Crippen molar-refractivity contribution in [1.29, 1.82) is 0 Å². The quantitative estimate of drug-likeness (QED) is 0.286. The van der Waals surface area contributed by atoms with E-state index in [1.807, 2.05) is 0 Å². The van der Waals surface area contributed by atoms with Crippen molar-refractivity contribution in [3.05, 3.63) is 91.4 Å². The second-order valence-electron chi connectivity index (χ2n) is 6.74. The SMILES string of the molecule is O=C(N/N=C/c1cc2c(cc1[N+](=O)[O-])OCO2)c1ccccc1OCc1ccc(Cl)cc1Cl. The van der Waals surface area contributed by atoms with Crippen LogP contribution in [0.5, 0.6) is 17.2 Å². The van der Waals surface area contributed by atoms with Gasteiger partial charge in [-0.05, 0) is 30.3 Å². The number of fused-ring (bicyclic) bond motifs is 1. The lowest BCUT2D eigenvalue weighted by Crippen LogP contribution is -2.18. The van der Waals surface area contributed by atoms with Crippen molar-refractivity contribution in [2.45, 2.75) is 6.61 Å². The third kappa shape index (κ3) is 5.16. The molecule has 3 aromatic carbocycles. The van der Waals surface area contributed by atoms with Crippen molar-refractivity contribution in [3.63, 3.8) is 0 Å². The maximum Gasteiger partial charge on any atom is 0.282 e. The van der Waals surface area contributed by atoms with Crippen LogP contribution in [-0.4, -0.2) is 23.8 Å². The first-order chi connectivity index (χ1) is 15.9. The summed E-state index contributed by atoms with van der Waals surface area (Å²) in [7, 11) is 0. The van der Waals surface area contributed by atoms with Crippen LogP contribution in [0.1, 0.15) is 21.5 Å². The van der Waals surface area contributed by atoms with E-state index in [9.17, 15) is 14.9 Å². The number of carbonyl (C=O) groups is 1. The maximum atomic E-state index is 12.7. The number of halogens is 2. The zero-order chi connectivity index (χ0) is 23.4. The number of ether oxygens (including phenoxy) is 3. The van der Waals surface area contributed by atoms with Gasteiger partial charge in [0.1, 0.15) is 12.4 Å². The zero-order valence-electron chi connectivity index (χ0n) is 16.8. The Hall–Kier alpha value is -3.82. The third-order valence-corrected chi connectivity index (χ3v) is 5.21. The molecule has 0 atom stereocenters. The molecular formula is C22H15Cl2N3O6. The molecule has 33 heavy (non-hydrogen) atoms. The average molecular weight is 488 g/mol. The van der Waals surface area contributed by atoms with Crippen LogP contribution in [0.15, 0.2) is 59.7 Å². The van der Waals surface area contributed by atoms with Gasteiger partial charge in [-0.1, -0.05) is 41.4 Å². The van der Waals surface area contributed by atoms with Gasteiger partial charge in [0, 0.05) is 15.6 Å². The lowest BCUT2D eigenvalue weighted by Gasteiger charge is -2.11. The minimum atomic E-state index is -0.573. The molecule has 0 spiro atoms. The predicted molar refractivity (Wildman–Crippen MR) is 122 cm³/mol. The van der Waals surface area contributed by atoms with Crippen LogP contribution in [0.4, 0.5) is 5.69 Å². The molecule has 1 amide bonds. The molecule has 168 valence electrons. The molecule has 11 heteroatoms. The number of amides is 1. The van der Waals surface area contributed by atoms with E-state index in [1.54, 1.807) is 42.5 Å². The van der Waals surface area contributed by atoms with Crippen LogP contribution >= 0.6 is 23.2 Å². The van der Waals surface area contributed by atoms with E-state index in [0.29, 0.717) is 27.1 Å². The van der Waals surface area contributed by atoms with E-state index in [-0.39, 0.29) is 36.0 Å². The summed E-state index contributed by atoms with van der Waals surface area (Å²) in [5.41, 5.74) is 3.18. The first-order valence-electron chi connectivity index (χ1n) is 9.49. The highest BCUT2D eigenvalue weighted by molar-refractivity contribution is 6.35. The third-order valence-electron chi connectivity index (χ3n) is 4.62. The van der Waals surface area contributed by atoms with Crippen LogP contribution in [0.3, 0.4) is 0 Å². The Morgan fingerprint density at radius 2 is 1.91 bits per heavy atom. The normalized spacial score (nSPS) is 12.1. The maximum absolute atomic E-state index is 12.7. The number of rotatable bonds is 7. The van der Waals surface area contributed by atoms with Gasteiger partial charge < -0.3 is 14.2 Å². The molecule has 0 radical (unpaired) electrons. The number of nitrogens with zero attached hydrogens (tertiary/aromatic N) is 2. The number of carbonyl (C=O) groups excluding carboxylic acids is 1. The van der Waals surface area contributed by atoms with Crippen molar-refractivity contribution < 1.29 is 23.9 Å². The summed E-state index contributed by atoms with van der Waals surface area (Å²) in [5, 5.41) is 16.1. The highest BCUT2D eigenvalue weighted by Crippen LogP contribution is 2.37. The van der Waals surface area contributed by atoms with Gasteiger partial charge in [0.15, 0.2) is 11.5 Å². The van der Waals surface area contributed by atoms with Gasteiger partial charge in [0.05, 0.1) is 28.3 Å². The molecule has 1 aliphatic heterocycles. The van der Waals surface area contributed by atoms with Crippen molar-refractivity contribution in [3.8, 4) is 17.2 Å². The fourth-order valence-electron chi connectivity index (χ4n) is 3.00. The summed E-state index contributed by atoms with van der Waals surface area (Å²) in [6, 6.07) is 14.3. The van der Waals surface area contributed by atoms with Gasteiger partial charge in [-0.15, -0.1) is 0 Å². The first-order valence-corrected chi connectivity index (χ1v) is 10.2. The predicted octanol–water partition coefficient (Wildman–Crippen LogP) is 4.97. The molecule has 1 aliphatic rings. The molecule has 9 nitrogen and oxygen atoms in total. The van der Waals surface area contributed by atoms with E-state index in [1.165, 1.54) is 12.1 Å². The van der Waals surface area contributed by atoms with Crippen LogP contribution in [-0.2, 0) is 6.61 Å². The number of hydrazone groups is 1. The Labute approximate surface area is 197 Å². The monoisotopic (exact) mass is 487 g/mol. The number of nitro benzene ring substituents is 1. The molecule has 0 fully saturated rings. The molecule has 1 heterocycles. The van der Waals surface area contributed by atoms with Crippen LogP contribution in [0.2, 0.25) is 10.0 Å². The standard InChI is InChI=1S/C22H15Cl2N3O6/c23-15-6-5-13(17(24)8-15)11-31-19-4-2-1-3-16(19)22(28)26-25-10-14-7-20-21(33-12-32-20)9-18(14)27(29)30/h1-10H,11-12H2,(H,26,28)/b25-10+. The minimum absolute atomic E-state index is 0.0260. The van der Waals surface area contributed by atoms with Crippen LogP contribution in [0, 0.1) is 10.1 Å². The van der Waals surface area contributed by atoms with Crippen molar-refractivity contribution in [1.82, 2.24) is 5.43 Å². The van der Waals surface area contributed by atoms with Gasteiger partial charge in [-0.25, -0.2) is 5.43 Å². The number of nitro groups is 1. The highest BCUT2D eigenvalue weighted by atomic mass is 35.5. The molecule has 0 aromatic heterocycles. The highest BCUT2D eigenvalue weighted by Gasteiger charge is 2.22. The molecule has 0 unspecified atom stereocenters. The number of hydrogen-bond donors (Lipinski definition) is 1. The van der Waals surface area contributed by atoms with Gasteiger partial charge in [-0.3, -0.25) is 14.9 Å². The fraction of sp³-hybridized carbons (Fsp3) is 0.0909. The molecule has 0 saturated carbocycles. The largest absolute Gasteiger partial charge is 0.488 e. The average Bonchev–Trinajstić information content (AvgIpc) is 3.25. The second-order valence-corrected chi connectivity index (χ2v) is 7.58. The topological polar surface area (TPSA) is 112 Å². The Bertz CT molecular complexity index is 1260. The second kappa shape index (κ2) is 9.76. The first kappa shape index (κ1) is 22.4. The van der Waals surface area contributed by atoms with Crippen LogP contribution in [0.25, 0.3) is 0 Å². The van der Waals surface area contributed by atoms with Crippen molar-refractivity contribution in [2.75, 3.05) is 6.79 Å². The fourth-order valence-corrected chi connectivity index (χ4v) is 3.47. The van der Waals surface area contributed by atoms with E-state index >= 15 is 0 Å². The molecule has 0 bridgehead atoms. The van der Waals surface area contributed by atoms with E-state index < -0.39 is 10.8 Å². The van der Waals surface area contributed by atoms with E-state index in [2.05, 4.69) is 10.5 Å². The zero-order valence-corrected chi connectivity index (χ0v) is 18.3. The molecular weight excluding hydrogens is 473 g/mol. The van der Waals surface area contributed by atoms with Gasteiger partial charge in [-0.2, -0.15) is 5.10 Å². The van der Waals surface area contributed by atoms with Gasteiger partial charge in [0.25, 0.3) is 11.6 Å². The van der Waals surface area contributed by atoms with Gasteiger partial charge >= 0.3 is 0 Å². The van der Waals surface area contributed by atoms with Gasteiger partial charge in [0.2, 0.25) is 6.79 Å². The lowest BCUT2D eigenvalue weighted by molar-refractivity contribution is -0.385. The molecule has 1 N–H and O–H groups in total. The number of para-hydroxylation sites is 1. The summed E-state index contributed by atoms with van der Waals surface area (Å²) in [5.74, 6) is 0.375. The minimum Gasteiger partial charge on any atom is -0.488 e. The molecule has 4 rings (SSSR count).